The highest BCUT2D eigenvalue weighted by Gasteiger charge is 2.34. The monoisotopic (exact) mass is 310 g/mol. The normalized spacial score (nSPS) is 15.0. The van der Waals surface area contributed by atoms with Crippen molar-refractivity contribution in [1.82, 2.24) is 4.90 Å². The average molecular weight is 310 g/mol. The summed E-state index contributed by atoms with van der Waals surface area (Å²) in [5.41, 5.74) is 2.77. The zero-order valence-electron chi connectivity index (χ0n) is 13.3. The Morgan fingerprint density at radius 1 is 1.17 bits per heavy atom. The summed E-state index contributed by atoms with van der Waals surface area (Å²) >= 11 is 0. The second-order valence-electron chi connectivity index (χ2n) is 6.11. The number of rotatable bonds is 5. The van der Waals surface area contributed by atoms with Crippen molar-refractivity contribution < 1.29 is 9.90 Å². The Hall–Kier alpha value is -2.33. The molecule has 0 heterocycles. The minimum atomic E-state index is -0.666. The van der Waals surface area contributed by atoms with Crippen molar-refractivity contribution in [3.63, 3.8) is 0 Å². The molecule has 1 saturated carbocycles. The Kier molecular flexibility index (Phi) is 4.63. The number of nitrogens with one attached hydrogen (secondary N) is 1. The predicted molar refractivity (Wildman–Crippen MR) is 91.3 cm³/mol. The summed E-state index contributed by atoms with van der Waals surface area (Å²) in [5.74, 6) is 0. The SMILES string of the molecule is Cc1ccc(NC(=O)N(C[C@@H](O)c2ccccc2)C2CC2)cc1. The van der Waals surface area contributed by atoms with Gasteiger partial charge in [0.2, 0.25) is 0 Å². The van der Waals surface area contributed by atoms with E-state index in [9.17, 15) is 9.90 Å². The average Bonchev–Trinajstić information content (AvgIpc) is 3.40. The van der Waals surface area contributed by atoms with Crippen LogP contribution in [0.2, 0.25) is 0 Å². The second-order valence-corrected chi connectivity index (χ2v) is 6.11. The van der Waals surface area contributed by atoms with Crippen LogP contribution in [0.3, 0.4) is 0 Å². The van der Waals surface area contributed by atoms with Crippen molar-refractivity contribution in [1.29, 1.82) is 0 Å². The number of hydrogen-bond donors (Lipinski definition) is 2. The first-order valence-corrected chi connectivity index (χ1v) is 8.01. The lowest BCUT2D eigenvalue weighted by atomic mass is 10.1. The first kappa shape index (κ1) is 15.6. The molecule has 0 radical (unpaired) electrons. The molecule has 1 atom stereocenters. The van der Waals surface area contributed by atoms with Crippen LogP contribution in [0.25, 0.3) is 0 Å². The Balaban J connectivity index is 1.66. The highest BCUT2D eigenvalue weighted by molar-refractivity contribution is 5.89. The third-order valence-electron chi connectivity index (χ3n) is 4.11. The van der Waals surface area contributed by atoms with Crippen molar-refractivity contribution >= 4 is 11.7 Å². The fraction of sp³-hybridized carbons (Fsp3) is 0.316. The minimum absolute atomic E-state index is 0.147. The number of amides is 2. The largest absolute Gasteiger partial charge is 0.387 e. The van der Waals surface area contributed by atoms with Gasteiger partial charge in [0, 0.05) is 11.7 Å². The third-order valence-corrected chi connectivity index (χ3v) is 4.11. The second kappa shape index (κ2) is 6.84. The summed E-state index contributed by atoms with van der Waals surface area (Å²) < 4.78 is 0. The van der Waals surface area contributed by atoms with Gasteiger partial charge in [0.1, 0.15) is 0 Å². The van der Waals surface area contributed by atoms with Crippen LogP contribution >= 0.6 is 0 Å². The smallest absolute Gasteiger partial charge is 0.322 e. The number of anilines is 1. The van der Waals surface area contributed by atoms with E-state index in [4.69, 9.17) is 0 Å². The van der Waals surface area contributed by atoms with E-state index in [1.165, 1.54) is 0 Å². The number of benzene rings is 2. The van der Waals surface area contributed by atoms with E-state index in [0.29, 0.717) is 6.54 Å². The van der Waals surface area contributed by atoms with E-state index >= 15 is 0 Å². The van der Waals surface area contributed by atoms with Crippen molar-refractivity contribution in [2.24, 2.45) is 0 Å². The molecule has 2 amide bonds. The van der Waals surface area contributed by atoms with E-state index in [1.807, 2.05) is 61.5 Å². The van der Waals surface area contributed by atoms with Crippen LogP contribution < -0.4 is 5.32 Å². The molecular weight excluding hydrogens is 288 g/mol. The number of aryl methyl sites for hydroxylation is 1. The molecule has 2 aromatic carbocycles. The quantitative estimate of drug-likeness (QED) is 0.884. The molecule has 2 aromatic rings. The number of nitrogens with zero attached hydrogens (tertiary/aromatic N) is 1. The number of carbonyl (C=O) groups excluding carboxylic acids is 1. The fourth-order valence-electron chi connectivity index (χ4n) is 2.58. The van der Waals surface area contributed by atoms with E-state index in [-0.39, 0.29) is 12.1 Å². The van der Waals surface area contributed by atoms with Crippen LogP contribution in [0.4, 0.5) is 10.5 Å². The molecule has 0 bridgehead atoms. The van der Waals surface area contributed by atoms with Crippen molar-refractivity contribution in [3.05, 3.63) is 65.7 Å². The molecule has 0 aliphatic heterocycles. The van der Waals surface area contributed by atoms with Gasteiger partial charge in [0.05, 0.1) is 12.6 Å². The van der Waals surface area contributed by atoms with Gasteiger partial charge in [0.25, 0.3) is 0 Å². The van der Waals surface area contributed by atoms with Gasteiger partial charge in [-0.25, -0.2) is 4.79 Å². The standard InChI is InChI=1S/C19H22N2O2/c1-14-7-9-16(10-8-14)20-19(23)21(17-11-12-17)13-18(22)15-5-3-2-4-6-15/h2-10,17-18,22H,11-13H2,1H3,(H,20,23)/t18-/m1/s1. The Labute approximate surface area is 136 Å². The van der Waals surface area contributed by atoms with E-state index in [2.05, 4.69) is 5.32 Å². The number of aliphatic hydroxyl groups excluding tert-OH is 1. The summed E-state index contributed by atoms with van der Waals surface area (Å²) in [6.45, 7) is 2.32. The van der Waals surface area contributed by atoms with Gasteiger partial charge in [-0.05, 0) is 37.5 Å². The highest BCUT2D eigenvalue weighted by Crippen LogP contribution is 2.29. The molecule has 0 spiro atoms. The molecule has 2 N–H and O–H groups in total. The molecule has 0 saturated heterocycles. The highest BCUT2D eigenvalue weighted by atomic mass is 16.3. The molecule has 23 heavy (non-hydrogen) atoms. The molecule has 1 fully saturated rings. The van der Waals surface area contributed by atoms with Gasteiger partial charge in [-0.2, -0.15) is 0 Å². The molecule has 1 aliphatic carbocycles. The molecule has 1 aliphatic rings. The van der Waals surface area contributed by atoms with Crippen molar-refractivity contribution in [3.8, 4) is 0 Å². The molecule has 0 unspecified atom stereocenters. The van der Waals surface area contributed by atoms with Crippen molar-refractivity contribution in [2.75, 3.05) is 11.9 Å². The summed E-state index contributed by atoms with van der Waals surface area (Å²) in [7, 11) is 0. The zero-order chi connectivity index (χ0) is 16.2. The van der Waals surface area contributed by atoms with Gasteiger partial charge >= 0.3 is 6.03 Å². The van der Waals surface area contributed by atoms with Crippen LogP contribution in [0.5, 0.6) is 0 Å². The molecule has 3 rings (SSSR count). The molecule has 0 aromatic heterocycles. The Morgan fingerprint density at radius 3 is 2.43 bits per heavy atom. The Bertz CT molecular complexity index is 651. The van der Waals surface area contributed by atoms with E-state index in [1.54, 1.807) is 4.90 Å². The predicted octanol–water partition coefficient (Wildman–Crippen LogP) is 3.72. The van der Waals surface area contributed by atoms with Gasteiger partial charge in [-0.15, -0.1) is 0 Å². The fourth-order valence-corrected chi connectivity index (χ4v) is 2.58. The van der Waals surface area contributed by atoms with E-state index < -0.39 is 6.10 Å². The maximum Gasteiger partial charge on any atom is 0.322 e. The van der Waals surface area contributed by atoms with Crippen LogP contribution in [-0.2, 0) is 0 Å². The molecular formula is C19H22N2O2. The lowest BCUT2D eigenvalue weighted by molar-refractivity contribution is 0.123. The number of urea groups is 1. The zero-order valence-corrected chi connectivity index (χ0v) is 13.3. The van der Waals surface area contributed by atoms with Crippen LogP contribution in [-0.4, -0.2) is 28.6 Å². The minimum Gasteiger partial charge on any atom is -0.387 e. The lowest BCUT2D eigenvalue weighted by Crippen LogP contribution is -2.39. The summed E-state index contributed by atoms with van der Waals surface area (Å²) in [4.78, 5) is 14.3. The van der Waals surface area contributed by atoms with Gasteiger partial charge in [0.15, 0.2) is 0 Å². The third kappa shape index (κ3) is 4.11. The first-order valence-electron chi connectivity index (χ1n) is 8.01. The van der Waals surface area contributed by atoms with Crippen LogP contribution in [0, 0.1) is 6.92 Å². The maximum atomic E-state index is 12.5. The van der Waals surface area contributed by atoms with Crippen molar-refractivity contribution in [2.45, 2.75) is 31.9 Å². The van der Waals surface area contributed by atoms with Gasteiger partial charge in [-0.3, -0.25) is 0 Å². The summed E-state index contributed by atoms with van der Waals surface area (Å²) in [6.07, 6.45) is 1.34. The summed E-state index contributed by atoms with van der Waals surface area (Å²) in [5, 5.41) is 13.3. The van der Waals surface area contributed by atoms with E-state index in [0.717, 1.165) is 29.7 Å². The van der Waals surface area contributed by atoms with Gasteiger partial charge in [-0.1, -0.05) is 48.0 Å². The first-order chi connectivity index (χ1) is 11.1. The molecule has 4 heteroatoms. The number of hydrogen-bond acceptors (Lipinski definition) is 2. The topological polar surface area (TPSA) is 52.6 Å². The number of aliphatic hydroxyl groups is 1. The Morgan fingerprint density at radius 2 is 1.83 bits per heavy atom. The van der Waals surface area contributed by atoms with Gasteiger partial charge < -0.3 is 15.3 Å². The summed E-state index contributed by atoms with van der Waals surface area (Å²) in [6, 6.07) is 17.3. The van der Waals surface area contributed by atoms with Crippen LogP contribution in [0.15, 0.2) is 54.6 Å². The molecule has 4 nitrogen and oxygen atoms in total. The van der Waals surface area contributed by atoms with Crippen LogP contribution in [0.1, 0.15) is 30.1 Å². The maximum absolute atomic E-state index is 12.5. The number of carbonyl (C=O) groups is 1. The lowest BCUT2D eigenvalue weighted by Gasteiger charge is -2.25. The molecule has 120 valence electrons.